The van der Waals surface area contributed by atoms with Gasteiger partial charge >= 0.3 is 0 Å². The number of amides is 2. The van der Waals surface area contributed by atoms with Crippen molar-refractivity contribution in [2.75, 3.05) is 29.9 Å². The van der Waals surface area contributed by atoms with Crippen LogP contribution in [0.25, 0.3) is 0 Å². The molecular formula is C30H38N8O2S. The standard InChI is InChI=1S/C30H38N8O2S/c1-19-24(33-30(40)22-11-9-21(10-12-22)20-7-8-20)6-5-15-38(19)25-17-32-27(28(31)39)29(34-25)35-26-16-23(36-41-26)18-37-13-3-2-4-14-37/h9-12,16-17,19-20,24H,2-8,13-15,18H2,1H3,(H2,31,39)(H,33,40)(H,34,35)/t19-,24-/m1/s1. The first-order valence-corrected chi connectivity index (χ1v) is 15.5. The Labute approximate surface area is 244 Å². The molecule has 10 nitrogen and oxygen atoms in total. The van der Waals surface area contributed by atoms with Gasteiger partial charge in [-0.15, -0.1) is 0 Å². The summed E-state index contributed by atoms with van der Waals surface area (Å²) < 4.78 is 4.61. The molecule has 0 unspecified atom stereocenters. The van der Waals surface area contributed by atoms with E-state index in [-0.39, 0.29) is 23.7 Å². The molecule has 2 aromatic heterocycles. The summed E-state index contributed by atoms with van der Waals surface area (Å²) in [7, 11) is 0. The third-order valence-corrected chi connectivity index (χ3v) is 9.19. The van der Waals surface area contributed by atoms with E-state index in [0.717, 1.165) is 49.7 Å². The third kappa shape index (κ3) is 6.51. The molecule has 0 bridgehead atoms. The maximum atomic E-state index is 13.1. The molecule has 2 saturated heterocycles. The maximum Gasteiger partial charge on any atom is 0.271 e. The number of anilines is 3. The summed E-state index contributed by atoms with van der Waals surface area (Å²) in [4.78, 5) is 39.0. The number of piperidine rings is 2. The molecular weight excluding hydrogens is 536 g/mol. The smallest absolute Gasteiger partial charge is 0.271 e. The van der Waals surface area contributed by atoms with Gasteiger partial charge in [0.05, 0.1) is 11.9 Å². The van der Waals surface area contributed by atoms with E-state index in [0.29, 0.717) is 23.1 Å². The van der Waals surface area contributed by atoms with Gasteiger partial charge in [-0.2, -0.15) is 4.37 Å². The second-order valence-electron chi connectivity index (χ2n) is 11.5. The Morgan fingerprint density at radius 3 is 2.56 bits per heavy atom. The molecule has 2 atom stereocenters. The number of likely N-dealkylation sites (tertiary alicyclic amines) is 1. The molecule has 3 aliphatic rings. The number of nitrogens with two attached hydrogens (primary N) is 1. The Morgan fingerprint density at radius 2 is 1.83 bits per heavy atom. The van der Waals surface area contributed by atoms with E-state index in [1.165, 1.54) is 49.2 Å². The van der Waals surface area contributed by atoms with Crippen LogP contribution in [0, 0.1) is 0 Å². The van der Waals surface area contributed by atoms with Crippen molar-refractivity contribution in [3.05, 3.63) is 59.0 Å². The highest BCUT2D eigenvalue weighted by atomic mass is 32.1. The fourth-order valence-electron chi connectivity index (χ4n) is 5.93. The van der Waals surface area contributed by atoms with E-state index in [1.807, 2.05) is 18.2 Å². The normalized spacial score (nSPS) is 21.4. The lowest BCUT2D eigenvalue weighted by Gasteiger charge is -2.40. The van der Waals surface area contributed by atoms with Crippen LogP contribution in [0.1, 0.15) is 89.9 Å². The summed E-state index contributed by atoms with van der Waals surface area (Å²) in [5.74, 6) is 0.912. The van der Waals surface area contributed by atoms with Gasteiger partial charge in [-0.1, -0.05) is 18.6 Å². The molecule has 3 aromatic rings. The molecule has 1 saturated carbocycles. The van der Waals surface area contributed by atoms with Crippen LogP contribution in [-0.2, 0) is 6.54 Å². The summed E-state index contributed by atoms with van der Waals surface area (Å²) in [6.45, 7) is 5.88. The van der Waals surface area contributed by atoms with Crippen LogP contribution in [-0.4, -0.2) is 62.8 Å². The third-order valence-electron chi connectivity index (χ3n) is 8.45. The van der Waals surface area contributed by atoms with Crippen LogP contribution >= 0.6 is 11.5 Å². The fourth-order valence-corrected chi connectivity index (χ4v) is 6.59. The van der Waals surface area contributed by atoms with Crippen molar-refractivity contribution in [1.29, 1.82) is 0 Å². The maximum absolute atomic E-state index is 13.1. The molecule has 0 radical (unpaired) electrons. The molecule has 3 fully saturated rings. The molecule has 0 spiro atoms. The zero-order valence-electron chi connectivity index (χ0n) is 23.5. The Morgan fingerprint density at radius 1 is 1.05 bits per heavy atom. The lowest BCUT2D eigenvalue weighted by Crippen LogP contribution is -2.54. The van der Waals surface area contributed by atoms with Gasteiger partial charge < -0.3 is 21.3 Å². The Balaban J connectivity index is 1.14. The highest BCUT2D eigenvalue weighted by Gasteiger charge is 2.31. The zero-order chi connectivity index (χ0) is 28.3. The SMILES string of the molecule is C[C@@H]1[C@H](NC(=O)c2ccc(C3CC3)cc2)CCCN1c1cnc(C(N)=O)c(Nc2cc(CN3CCCCC3)ns2)n1. The summed E-state index contributed by atoms with van der Waals surface area (Å²) in [5, 5.41) is 7.28. The van der Waals surface area contributed by atoms with E-state index in [1.54, 1.807) is 6.20 Å². The number of nitrogens with zero attached hydrogens (tertiary/aromatic N) is 5. The molecule has 11 heteroatoms. The van der Waals surface area contributed by atoms with Crippen LogP contribution in [0.3, 0.4) is 0 Å². The zero-order valence-corrected chi connectivity index (χ0v) is 24.3. The van der Waals surface area contributed by atoms with Gasteiger partial charge in [0.15, 0.2) is 11.5 Å². The molecule has 1 aliphatic carbocycles. The van der Waals surface area contributed by atoms with E-state index in [2.05, 4.69) is 48.8 Å². The van der Waals surface area contributed by atoms with E-state index < -0.39 is 5.91 Å². The Kier molecular flexibility index (Phi) is 8.16. The van der Waals surface area contributed by atoms with Crippen molar-refractivity contribution in [1.82, 2.24) is 24.6 Å². The lowest BCUT2D eigenvalue weighted by molar-refractivity contribution is 0.0923. The number of nitrogens with one attached hydrogen (secondary N) is 2. The Bertz CT molecular complexity index is 1380. The van der Waals surface area contributed by atoms with Crippen molar-refractivity contribution >= 4 is 40.0 Å². The molecule has 41 heavy (non-hydrogen) atoms. The van der Waals surface area contributed by atoms with Crippen LogP contribution in [0.5, 0.6) is 0 Å². The predicted octanol–water partition coefficient (Wildman–Crippen LogP) is 4.43. The van der Waals surface area contributed by atoms with Gasteiger partial charge in [0.1, 0.15) is 10.8 Å². The van der Waals surface area contributed by atoms with Gasteiger partial charge in [-0.05, 0) is 99.8 Å². The number of hydrogen-bond donors (Lipinski definition) is 3. The first-order valence-electron chi connectivity index (χ1n) is 14.7. The summed E-state index contributed by atoms with van der Waals surface area (Å²) in [6, 6.07) is 9.95. The minimum atomic E-state index is -0.644. The second kappa shape index (κ2) is 12.1. The molecule has 6 rings (SSSR count). The van der Waals surface area contributed by atoms with Crippen molar-refractivity contribution in [3.63, 3.8) is 0 Å². The van der Waals surface area contributed by atoms with Gasteiger partial charge in [-0.3, -0.25) is 14.5 Å². The number of carbonyl (C=O) groups is 2. The van der Waals surface area contributed by atoms with Crippen molar-refractivity contribution in [2.45, 2.75) is 76.4 Å². The first-order chi connectivity index (χ1) is 19.9. The number of carbonyl (C=O) groups excluding carboxylic acids is 2. The largest absolute Gasteiger partial charge is 0.364 e. The second-order valence-corrected chi connectivity index (χ2v) is 12.3. The van der Waals surface area contributed by atoms with E-state index in [9.17, 15) is 9.59 Å². The molecule has 4 N–H and O–H groups in total. The number of primary amides is 1. The van der Waals surface area contributed by atoms with Gasteiger partial charge in [0.25, 0.3) is 11.8 Å². The molecule has 216 valence electrons. The molecule has 2 aliphatic heterocycles. The Hall–Kier alpha value is -3.57. The van der Waals surface area contributed by atoms with Crippen LogP contribution in [0.2, 0.25) is 0 Å². The van der Waals surface area contributed by atoms with Gasteiger partial charge in [-0.25, -0.2) is 9.97 Å². The van der Waals surface area contributed by atoms with E-state index in [4.69, 9.17) is 10.7 Å². The summed E-state index contributed by atoms with van der Waals surface area (Å²) in [5.41, 5.74) is 8.73. The number of benzene rings is 1. The number of rotatable bonds is 9. The molecule has 4 heterocycles. The first kappa shape index (κ1) is 27.6. The predicted molar refractivity (Wildman–Crippen MR) is 161 cm³/mol. The van der Waals surface area contributed by atoms with Crippen molar-refractivity contribution < 1.29 is 9.59 Å². The minimum absolute atomic E-state index is 0.0143. The number of hydrogen-bond acceptors (Lipinski definition) is 9. The van der Waals surface area contributed by atoms with Crippen molar-refractivity contribution in [3.8, 4) is 0 Å². The van der Waals surface area contributed by atoms with Crippen LogP contribution in [0.15, 0.2) is 36.5 Å². The van der Waals surface area contributed by atoms with Gasteiger partial charge in [0.2, 0.25) is 0 Å². The minimum Gasteiger partial charge on any atom is -0.364 e. The van der Waals surface area contributed by atoms with Crippen molar-refractivity contribution in [2.24, 2.45) is 5.73 Å². The highest BCUT2D eigenvalue weighted by Crippen LogP contribution is 2.40. The average Bonchev–Trinajstić information content (AvgIpc) is 3.75. The van der Waals surface area contributed by atoms with Crippen LogP contribution < -0.4 is 21.3 Å². The lowest BCUT2D eigenvalue weighted by atomic mass is 9.97. The molecule has 2 amide bonds. The molecule has 1 aromatic carbocycles. The van der Waals surface area contributed by atoms with E-state index >= 15 is 0 Å². The quantitative estimate of drug-likeness (QED) is 0.342. The highest BCUT2D eigenvalue weighted by molar-refractivity contribution is 7.10. The topological polar surface area (TPSA) is 129 Å². The summed E-state index contributed by atoms with van der Waals surface area (Å²) >= 11 is 1.34. The number of aromatic nitrogens is 3. The average molecular weight is 575 g/mol. The monoisotopic (exact) mass is 574 g/mol. The fraction of sp³-hybridized carbons (Fsp3) is 0.500. The van der Waals surface area contributed by atoms with Gasteiger partial charge in [0, 0.05) is 30.7 Å². The van der Waals surface area contributed by atoms with Crippen LogP contribution in [0.4, 0.5) is 16.6 Å². The summed E-state index contributed by atoms with van der Waals surface area (Å²) in [6.07, 6.45) is 9.60.